The van der Waals surface area contributed by atoms with E-state index in [9.17, 15) is 14.4 Å². The number of nitrogens with zero attached hydrogens (tertiary/aromatic N) is 3. The highest BCUT2D eigenvalue weighted by Crippen LogP contribution is 2.35. The number of carbonyl (C=O) groups excluding carboxylic acids is 3. The monoisotopic (exact) mass is 588 g/mol. The van der Waals surface area contributed by atoms with Gasteiger partial charge in [-0.2, -0.15) is 0 Å². The van der Waals surface area contributed by atoms with Crippen LogP contribution in [-0.4, -0.2) is 67.3 Å². The van der Waals surface area contributed by atoms with E-state index in [-0.39, 0.29) is 24.3 Å². The van der Waals surface area contributed by atoms with Gasteiger partial charge in [0.1, 0.15) is 5.69 Å². The van der Waals surface area contributed by atoms with E-state index in [4.69, 9.17) is 9.47 Å². The number of carbonyl (C=O) groups is 3. The molecular formula is C32H40N6O5. The third kappa shape index (κ3) is 8.37. The molecule has 11 nitrogen and oxygen atoms in total. The fourth-order valence-corrected chi connectivity index (χ4v) is 4.91. The minimum atomic E-state index is -0.274. The van der Waals surface area contributed by atoms with Crippen LogP contribution in [-0.2, 0) is 16.6 Å². The Bertz CT molecular complexity index is 1450. The van der Waals surface area contributed by atoms with E-state index in [2.05, 4.69) is 20.9 Å². The van der Waals surface area contributed by atoms with Gasteiger partial charge < -0.3 is 34.9 Å². The van der Waals surface area contributed by atoms with Crippen molar-refractivity contribution in [2.24, 2.45) is 12.0 Å². The van der Waals surface area contributed by atoms with Crippen molar-refractivity contribution in [2.75, 3.05) is 43.3 Å². The van der Waals surface area contributed by atoms with Gasteiger partial charge in [-0.05, 0) is 74.6 Å². The van der Waals surface area contributed by atoms with Gasteiger partial charge in [0.25, 0.3) is 5.91 Å². The molecular weight excluding hydrogens is 548 g/mol. The first-order valence-electron chi connectivity index (χ1n) is 14.4. The maximum atomic E-state index is 12.8. The van der Waals surface area contributed by atoms with E-state index in [1.165, 1.54) is 0 Å². The Morgan fingerprint density at radius 1 is 1.05 bits per heavy atom. The summed E-state index contributed by atoms with van der Waals surface area (Å²) < 4.78 is 13.1. The van der Waals surface area contributed by atoms with Gasteiger partial charge in [0.2, 0.25) is 12.3 Å². The second-order valence-electron chi connectivity index (χ2n) is 10.5. The number of rotatable bonds is 13. The average Bonchev–Trinajstić information content (AvgIpc) is 3.38. The number of amides is 3. The number of ether oxygens (including phenoxy) is 2. The maximum Gasteiger partial charge on any atom is 0.272 e. The predicted octanol–water partition coefficient (Wildman–Crippen LogP) is 5.15. The van der Waals surface area contributed by atoms with E-state index in [0.717, 1.165) is 49.2 Å². The fraction of sp³-hybridized carbons (Fsp3) is 0.375. The minimum Gasteiger partial charge on any atom is -0.493 e. The topological polar surface area (TPSA) is 126 Å². The number of aryl methyl sites for hydroxylation is 2. The smallest absolute Gasteiger partial charge is 0.272 e. The summed E-state index contributed by atoms with van der Waals surface area (Å²) in [5.41, 5.74) is 4.25. The van der Waals surface area contributed by atoms with Gasteiger partial charge in [0.15, 0.2) is 11.5 Å². The summed E-state index contributed by atoms with van der Waals surface area (Å²) >= 11 is 0. The molecule has 0 spiro atoms. The van der Waals surface area contributed by atoms with Crippen molar-refractivity contribution in [3.63, 3.8) is 0 Å². The van der Waals surface area contributed by atoms with Crippen LogP contribution in [0.4, 0.5) is 22.7 Å². The first-order chi connectivity index (χ1) is 20.8. The minimum absolute atomic E-state index is 0.0126. The lowest BCUT2D eigenvalue weighted by Gasteiger charge is -2.29. The maximum absolute atomic E-state index is 12.8. The molecule has 1 fully saturated rings. The SMILES string of the molecule is CNc1ccc(NC(=O)c2cc(NC(=O)CCCOc3cc(N=CC4CCCCN4C=O)c(C)cc3OC)cn2C)cc1. The molecule has 0 aliphatic carbocycles. The molecule has 4 rings (SSSR count). The third-order valence-electron chi connectivity index (χ3n) is 7.35. The molecule has 43 heavy (non-hydrogen) atoms. The van der Waals surface area contributed by atoms with E-state index < -0.39 is 0 Å². The normalized spacial score (nSPS) is 14.8. The van der Waals surface area contributed by atoms with Crippen LogP contribution in [0.3, 0.4) is 0 Å². The molecule has 3 amide bonds. The molecule has 0 radical (unpaired) electrons. The van der Waals surface area contributed by atoms with Crippen molar-refractivity contribution in [1.82, 2.24) is 9.47 Å². The Morgan fingerprint density at radius 2 is 1.81 bits per heavy atom. The van der Waals surface area contributed by atoms with Crippen LogP contribution in [0.1, 0.15) is 48.2 Å². The van der Waals surface area contributed by atoms with Gasteiger partial charge in [0.05, 0.1) is 31.1 Å². The zero-order valence-corrected chi connectivity index (χ0v) is 25.2. The highest BCUT2D eigenvalue weighted by molar-refractivity contribution is 6.04. The number of nitrogens with one attached hydrogen (secondary N) is 3. The molecule has 1 saturated heterocycles. The van der Waals surface area contributed by atoms with Gasteiger partial charge in [0, 0.05) is 56.9 Å². The molecule has 0 saturated carbocycles. The summed E-state index contributed by atoms with van der Waals surface area (Å²) in [6.07, 6.45) is 8.10. The first-order valence-corrected chi connectivity index (χ1v) is 14.4. The van der Waals surface area contributed by atoms with Gasteiger partial charge in [-0.15, -0.1) is 0 Å². The van der Waals surface area contributed by atoms with Crippen LogP contribution in [0.25, 0.3) is 0 Å². The predicted molar refractivity (Wildman–Crippen MR) is 169 cm³/mol. The Balaban J connectivity index is 1.28. The number of benzene rings is 2. The summed E-state index contributed by atoms with van der Waals surface area (Å²) in [6.45, 7) is 2.99. The molecule has 3 aromatic rings. The van der Waals surface area contributed by atoms with Crippen molar-refractivity contribution < 1.29 is 23.9 Å². The number of piperidine rings is 1. The molecule has 2 aromatic carbocycles. The molecule has 1 aliphatic rings. The molecule has 11 heteroatoms. The quantitative estimate of drug-likeness (QED) is 0.144. The average molecular weight is 589 g/mol. The standard InChI is InChI=1S/C32H40N6O5/c1-22-16-29(42-4)30(18-27(22)34-19-26-8-5-6-14-38(26)21-39)43-15-7-9-31(40)35-25-17-28(37(3)20-25)32(41)36-24-12-10-23(33-2)11-13-24/h10-13,16-21,26,33H,5-9,14-15H2,1-4H3,(H,35,40)(H,36,41). The zero-order valence-electron chi connectivity index (χ0n) is 25.2. The van der Waals surface area contributed by atoms with Crippen molar-refractivity contribution in [1.29, 1.82) is 0 Å². The van der Waals surface area contributed by atoms with Crippen molar-refractivity contribution in [2.45, 2.75) is 45.1 Å². The summed E-state index contributed by atoms with van der Waals surface area (Å²) in [4.78, 5) is 43.2. The number of hydrogen-bond donors (Lipinski definition) is 3. The van der Waals surface area contributed by atoms with Gasteiger partial charge in [-0.3, -0.25) is 19.4 Å². The number of anilines is 3. The van der Waals surface area contributed by atoms with Gasteiger partial charge >= 0.3 is 0 Å². The Labute approximate surface area is 252 Å². The lowest BCUT2D eigenvalue weighted by Crippen LogP contribution is -2.39. The number of aromatic nitrogens is 1. The molecule has 2 heterocycles. The molecule has 1 unspecified atom stereocenters. The number of methoxy groups -OCH3 is 1. The van der Waals surface area contributed by atoms with Crippen LogP contribution < -0.4 is 25.4 Å². The van der Waals surface area contributed by atoms with Gasteiger partial charge in [-0.1, -0.05) is 0 Å². The molecule has 3 N–H and O–H groups in total. The van der Waals surface area contributed by atoms with Crippen LogP contribution in [0, 0.1) is 6.92 Å². The van der Waals surface area contributed by atoms with E-state index in [0.29, 0.717) is 41.6 Å². The second-order valence-corrected chi connectivity index (χ2v) is 10.5. The Morgan fingerprint density at radius 3 is 2.53 bits per heavy atom. The number of aliphatic imine (C=N–C) groups is 1. The lowest BCUT2D eigenvalue weighted by molar-refractivity contribution is -0.120. The van der Waals surface area contributed by atoms with Crippen molar-refractivity contribution >= 4 is 47.2 Å². The van der Waals surface area contributed by atoms with Crippen molar-refractivity contribution in [3.05, 3.63) is 59.9 Å². The third-order valence-corrected chi connectivity index (χ3v) is 7.35. The van der Waals surface area contributed by atoms with Crippen LogP contribution in [0.5, 0.6) is 11.5 Å². The largest absolute Gasteiger partial charge is 0.493 e. The summed E-state index contributed by atoms with van der Waals surface area (Å²) in [5, 5.41) is 8.76. The van der Waals surface area contributed by atoms with Crippen LogP contribution >= 0.6 is 0 Å². The fourth-order valence-electron chi connectivity index (χ4n) is 4.91. The highest BCUT2D eigenvalue weighted by Gasteiger charge is 2.19. The molecule has 1 atom stereocenters. The lowest BCUT2D eigenvalue weighted by atomic mass is 10.0. The van der Waals surface area contributed by atoms with Crippen LogP contribution in [0.15, 0.2) is 53.7 Å². The van der Waals surface area contributed by atoms with E-state index in [1.54, 1.807) is 35.9 Å². The Kier molecular flexibility index (Phi) is 10.8. The summed E-state index contributed by atoms with van der Waals surface area (Å²) in [5.74, 6) is 0.665. The Hall–Kier alpha value is -4.80. The van der Waals surface area contributed by atoms with Gasteiger partial charge in [-0.25, -0.2) is 0 Å². The van der Waals surface area contributed by atoms with E-state index in [1.807, 2.05) is 56.6 Å². The number of likely N-dealkylation sites (tertiary alicyclic amines) is 1. The van der Waals surface area contributed by atoms with Crippen molar-refractivity contribution in [3.8, 4) is 11.5 Å². The summed E-state index contributed by atoms with van der Waals surface area (Å²) in [7, 11) is 5.16. The summed E-state index contributed by atoms with van der Waals surface area (Å²) in [6, 6.07) is 12.7. The first kappa shape index (κ1) is 31.1. The highest BCUT2D eigenvalue weighted by atomic mass is 16.5. The van der Waals surface area contributed by atoms with Crippen LogP contribution in [0.2, 0.25) is 0 Å². The number of hydrogen-bond acceptors (Lipinski definition) is 7. The molecule has 1 aromatic heterocycles. The second kappa shape index (κ2) is 14.9. The molecule has 1 aliphatic heterocycles. The van der Waals surface area contributed by atoms with E-state index >= 15 is 0 Å². The molecule has 0 bridgehead atoms. The zero-order chi connectivity index (χ0) is 30.8. The molecule has 228 valence electrons.